The molecule has 2 heterocycles. The zero-order valence-corrected chi connectivity index (χ0v) is 13.4. The van der Waals surface area contributed by atoms with Gasteiger partial charge in [0.2, 0.25) is 0 Å². The van der Waals surface area contributed by atoms with Crippen molar-refractivity contribution in [2.45, 2.75) is 32.7 Å². The van der Waals surface area contributed by atoms with Crippen molar-refractivity contribution < 1.29 is 9.53 Å². The van der Waals surface area contributed by atoms with E-state index in [-0.39, 0.29) is 11.6 Å². The van der Waals surface area contributed by atoms with Crippen LogP contribution in [0, 0.1) is 5.92 Å². The van der Waals surface area contributed by atoms with Gasteiger partial charge in [-0.3, -0.25) is 0 Å². The monoisotopic (exact) mass is 312 g/mol. The molecule has 1 saturated heterocycles. The summed E-state index contributed by atoms with van der Waals surface area (Å²) in [7, 11) is 0. The van der Waals surface area contributed by atoms with Gasteiger partial charge in [-0.2, -0.15) is 5.10 Å². The summed E-state index contributed by atoms with van der Waals surface area (Å²) in [4.78, 5) is 13.8. The minimum atomic E-state index is -0.366. The Morgan fingerprint density at radius 3 is 3.00 bits per heavy atom. The molecule has 0 radical (unpaired) electrons. The summed E-state index contributed by atoms with van der Waals surface area (Å²) in [5, 5.41) is 10.8. The fraction of sp³-hybridized carbons (Fsp3) is 0.643. The van der Waals surface area contributed by atoms with E-state index < -0.39 is 0 Å². The Morgan fingerprint density at radius 1 is 1.57 bits per heavy atom. The van der Waals surface area contributed by atoms with E-state index in [1.54, 1.807) is 12.3 Å². The average molecular weight is 313 g/mol. The third-order valence-electron chi connectivity index (χ3n) is 3.19. The SMILES string of the molecule is CC(C)(C)NC(=O)OCC1CCN(c2cnnc(Cl)c2)C1. The number of hydrogen-bond donors (Lipinski definition) is 1. The van der Waals surface area contributed by atoms with E-state index in [1.165, 1.54) is 0 Å². The number of hydrogen-bond acceptors (Lipinski definition) is 5. The van der Waals surface area contributed by atoms with Gasteiger partial charge in [-0.05, 0) is 27.2 Å². The van der Waals surface area contributed by atoms with E-state index in [2.05, 4.69) is 20.4 Å². The highest BCUT2D eigenvalue weighted by Gasteiger charge is 2.25. The van der Waals surface area contributed by atoms with Crippen molar-refractivity contribution in [2.75, 3.05) is 24.6 Å². The van der Waals surface area contributed by atoms with Crippen LogP contribution in [0.4, 0.5) is 10.5 Å². The van der Waals surface area contributed by atoms with Crippen molar-refractivity contribution in [2.24, 2.45) is 5.92 Å². The van der Waals surface area contributed by atoms with E-state index >= 15 is 0 Å². The number of aromatic nitrogens is 2. The number of nitrogens with one attached hydrogen (secondary N) is 1. The van der Waals surface area contributed by atoms with Crippen molar-refractivity contribution >= 4 is 23.4 Å². The predicted molar refractivity (Wildman–Crippen MR) is 81.6 cm³/mol. The van der Waals surface area contributed by atoms with Crippen molar-refractivity contribution in [1.82, 2.24) is 15.5 Å². The summed E-state index contributed by atoms with van der Waals surface area (Å²) in [6.07, 6.45) is 2.30. The Hall–Kier alpha value is -1.56. The molecule has 0 spiro atoms. The van der Waals surface area contributed by atoms with Gasteiger partial charge < -0.3 is 15.0 Å². The Kier molecular flexibility index (Phi) is 4.88. The Bertz CT molecular complexity index is 504. The first-order valence-corrected chi connectivity index (χ1v) is 7.39. The van der Waals surface area contributed by atoms with Crippen LogP contribution < -0.4 is 10.2 Å². The van der Waals surface area contributed by atoms with Crippen LogP contribution in [-0.2, 0) is 4.74 Å². The third kappa shape index (κ3) is 5.04. The van der Waals surface area contributed by atoms with Crippen LogP contribution in [0.25, 0.3) is 0 Å². The molecule has 0 saturated carbocycles. The van der Waals surface area contributed by atoms with Crippen molar-refractivity contribution in [3.63, 3.8) is 0 Å². The maximum Gasteiger partial charge on any atom is 0.407 e. The topological polar surface area (TPSA) is 67.3 Å². The number of halogens is 1. The normalized spacial score (nSPS) is 18.7. The van der Waals surface area contributed by atoms with Gasteiger partial charge in [0.1, 0.15) is 0 Å². The number of ether oxygens (including phenoxy) is 1. The molecule has 1 N–H and O–H groups in total. The van der Waals surface area contributed by atoms with E-state index in [1.807, 2.05) is 20.8 Å². The van der Waals surface area contributed by atoms with Crippen molar-refractivity contribution in [1.29, 1.82) is 0 Å². The average Bonchev–Trinajstić information content (AvgIpc) is 2.83. The molecule has 1 fully saturated rings. The Morgan fingerprint density at radius 2 is 2.33 bits per heavy atom. The molecule has 1 aliphatic rings. The van der Waals surface area contributed by atoms with E-state index in [0.717, 1.165) is 25.2 Å². The molecule has 21 heavy (non-hydrogen) atoms. The Balaban J connectivity index is 1.79. The number of anilines is 1. The lowest BCUT2D eigenvalue weighted by molar-refractivity contribution is 0.123. The first-order chi connectivity index (χ1) is 9.83. The fourth-order valence-electron chi connectivity index (χ4n) is 2.24. The van der Waals surface area contributed by atoms with Crippen LogP contribution in [0.2, 0.25) is 5.15 Å². The molecule has 1 aromatic heterocycles. The maximum atomic E-state index is 11.6. The van der Waals surface area contributed by atoms with Crippen LogP contribution in [0.5, 0.6) is 0 Å². The first-order valence-electron chi connectivity index (χ1n) is 7.01. The quantitative estimate of drug-likeness (QED) is 0.928. The summed E-state index contributed by atoms with van der Waals surface area (Å²) in [6, 6.07) is 1.80. The van der Waals surface area contributed by atoms with E-state index in [4.69, 9.17) is 16.3 Å². The molecule has 1 atom stereocenters. The largest absolute Gasteiger partial charge is 0.449 e. The fourth-order valence-corrected chi connectivity index (χ4v) is 2.40. The van der Waals surface area contributed by atoms with Crippen LogP contribution >= 0.6 is 11.6 Å². The van der Waals surface area contributed by atoms with Crippen molar-refractivity contribution in [3.05, 3.63) is 17.4 Å². The van der Waals surface area contributed by atoms with Gasteiger partial charge in [0, 0.05) is 30.6 Å². The lowest BCUT2D eigenvalue weighted by Gasteiger charge is -2.21. The molecule has 1 aliphatic heterocycles. The maximum absolute atomic E-state index is 11.6. The standard InChI is InChI=1S/C14H21ClN4O2/c1-14(2,3)17-13(20)21-9-10-4-5-19(8-10)11-6-12(15)18-16-7-11/h6-7,10H,4-5,8-9H2,1-3H3,(H,17,20). The van der Waals surface area contributed by atoms with Gasteiger partial charge >= 0.3 is 6.09 Å². The first kappa shape index (κ1) is 15.8. The van der Waals surface area contributed by atoms with E-state index in [0.29, 0.717) is 17.7 Å². The lowest BCUT2D eigenvalue weighted by Crippen LogP contribution is -2.41. The number of nitrogens with zero attached hydrogens (tertiary/aromatic N) is 3. The predicted octanol–water partition coefficient (Wildman–Crippen LogP) is 2.48. The van der Waals surface area contributed by atoms with Gasteiger partial charge in [0.15, 0.2) is 5.15 Å². The molecule has 0 aliphatic carbocycles. The number of rotatable bonds is 3. The molecule has 6 nitrogen and oxygen atoms in total. The molecular formula is C14H21ClN4O2. The molecule has 2 rings (SSSR count). The summed E-state index contributed by atoms with van der Waals surface area (Å²) < 4.78 is 5.28. The second kappa shape index (κ2) is 6.47. The third-order valence-corrected chi connectivity index (χ3v) is 3.37. The number of alkyl carbamates (subject to hydrolysis) is 1. The lowest BCUT2D eigenvalue weighted by atomic mass is 10.1. The molecule has 7 heteroatoms. The molecular weight excluding hydrogens is 292 g/mol. The molecule has 1 amide bonds. The highest BCUT2D eigenvalue weighted by Crippen LogP contribution is 2.24. The second-order valence-corrected chi connectivity index (χ2v) is 6.70. The van der Waals surface area contributed by atoms with Gasteiger partial charge in [-0.1, -0.05) is 11.6 Å². The molecule has 1 unspecified atom stereocenters. The molecule has 0 bridgehead atoms. The number of carbonyl (C=O) groups is 1. The molecule has 0 aromatic carbocycles. The van der Waals surface area contributed by atoms with Gasteiger partial charge in [-0.15, -0.1) is 5.10 Å². The summed E-state index contributed by atoms with van der Waals surface area (Å²) >= 11 is 5.85. The van der Waals surface area contributed by atoms with Crippen LogP contribution in [-0.4, -0.2) is 41.5 Å². The molecule has 1 aromatic rings. The minimum absolute atomic E-state index is 0.280. The smallest absolute Gasteiger partial charge is 0.407 e. The summed E-state index contributed by atoms with van der Waals surface area (Å²) in [5.74, 6) is 0.322. The van der Waals surface area contributed by atoms with Crippen LogP contribution in [0.3, 0.4) is 0 Å². The van der Waals surface area contributed by atoms with Crippen LogP contribution in [0.1, 0.15) is 27.2 Å². The van der Waals surface area contributed by atoms with Gasteiger partial charge in [-0.25, -0.2) is 4.79 Å². The highest BCUT2D eigenvalue weighted by molar-refractivity contribution is 6.29. The second-order valence-electron chi connectivity index (χ2n) is 6.31. The zero-order valence-electron chi connectivity index (χ0n) is 12.6. The summed E-state index contributed by atoms with van der Waals surface area (Å²) in [5.41, 5.74) is 0.676. The minimum Gasteiger partial charge on any atom is -0.449 e. The molecule has 116 valence electrons. The number of carbonyl (C=O) groups excluding carboxylic acids is 1. The van der Waals surface area contributed by atoms with Crippen molar-refractivity contribution in [3.8, 4) is 0 Å². The van der Waals surface area contributed by atoms with Crippen LogP contribution in [0.15, 0.2) is 12.3 Å². The van der Waals surface area contributed by atoms with Gasteiger partial charge in [0.25, 0.3) is 0 Å². The highest BCUT2D eigenvalue weighted by atomic mass is 35.5. The van der Waals surface area contributed by atoms with E-state index in [9.17, 15) is 4.79 Å². The Labute approximate surface area is 129 Å². The summed E-state index contributed by atoms with van der Waals surface area (Å²) in [6.45, 7) is 7.91. The van der Waals surface area contributed by atoms with Gasteiger partial charge in [0.05, 0.1) is 18.5 Å². The zero-order chi connectivity index (χ0) is 15.5. The number of amides is 1.